The van der Waals surface area contributed by atoms with E-state index >= 15 is 0 Å². The van der Waals surface area contributed by atoms with E-state index in [4.69, 9.17) is 0 Å². The quantitative estimate of drug-likeness (QED) is 0.852. The van der Waals surface area contributed by atoms with E-state index in [2.05, 4.69) is 10.3 Å². The molecule has 1 N–H and O–H groups in total. The van der Waals surface area contributed by atoms with Crippen LogP contribution in [0.4, 0.5) is 4.39 Å². The Bertz CT molecular complexity index is 448. The van der Waals surface area contributed by atoms with E-state index < -0.39 is 5.82 Å². The second-order valence-corrected chi connectivity index (χ2v) is 4.78. The number of halogens is 3. The molecule has 2 fully saturated rings. The van der Waals surface area contributed by atoms with Gasteiger partial charge in [0.1, 0.15) is 5.82 Å². The van der Waals surface area contributed by atoms with Crippen molar-refractivity contribution in [1.29, 1.82) is 0 Å². The van der Waals surface area contributed by atoms with E-state index in [-0.39, 0.29) is 30.7 Å². The van der Waals surface area contributed by atoms with Crippen LogP contribution in [0.3, 0.4) is 0 Å². The first-order chi connectivity index (χ1) is 8.24. The van der Waals surface area contributed by atoms with Crippen molar-refractivity contribution < 1.29 is 9.18 Å². The first kappa shape index (κ1) is 16.1. The number of fused-ring (bicyclic) bond motifs is 1. The number of hydrogen-bond donors (Lipinski definition) is 1. The maximum atomic E-state index is 13.0. The molecule has 0 radical (unpaired) electrons. The van der Waals surface area contributed by atoms with Crippen LogP contribution in [0.15, 0.2) is 18.5 Å². The second-order valence-electron chi connectivity index (χ2n) is 4.78. The van der Waals surface area contributed by atoms with Gasteiger partial charge in [-0.3, -0.25) is 9.78 Å². The lowest BCUT2D eigenvalue weighted by atomic mass is 10.0. The molecule has 1 amide bonds. The maximum absolute atomic E-state index is 13.0. The zero-order valence-electron chi connectivity index (χ0n) is 10.2. The fourth-order valence-electron chi connectivity index (χ4n) is 2.73. The van der Waals surface area contributed by atoms with E-state index in [9.17, 15) is 9.18 Å². The summed E-state index contributed by atoms with van der Waals surface area (Å²) in [6, 6.07) is 1.25. The third-order valence-electron chi connectivity index (χ3n) is 3.63. The number of pyridine rings is 1. The Morgan fingerprint density at radius 1 is 1.26 bits per heavy atom. The Morgan fingerprint density at radius 3 is 2.47 bits per heavy atom. The average molecular weight is 308 g/mol. The molecule has 7 heteroatoms. The summed E-state index contributed by atoms with van der Waals surface area (Å²) in [7, 11) is 0. The monoisotopic (exact) mass is 307 g/mol. The number of nitrogens with zero attached hydrogens (tertiary/aromatic N) is 2. The van der Waals surface area contributed by atoms with Gasteiger partial charge in [0.2, 0.25) is 0 Å². The van der Waals surface area contributed by atoms with Crippen LogP contribution in [0.1, 0.15) is 10.4 Å². The zero-order chi connectivity index (χ0) is 11.8. The average Bonchev–Trinajstić information content (AvgIpc) is 2.88. The number of aromatic nitrogens is 1. The van der Waals surface area contributed by atoms with Crippen molar-refractivity contribution in [3.8, 4) is 0 Å². The van der Waals surface area contributed by atoms with E-state index in [0.29, 0.717) is 17.4 Å². The van der Waals surface area contributed by atoms with Crippen LogP contribution in [-0.2, 0) is 0 Å². The fourth-order valence-corrected chi connectivity index (χ4v) is 2.73. The number of carbonyl (C=O) groups excluding carboxylic acids is 1. The number of nitrogens with one attached hydrogen (secondary N) is 1. The predicted molar refractivity (Wildman–Crippen MR) is 74.4 cm³/mol. The van der Waals surface area contributed by atoms with E-state index in [1.54, 1.807) is 0 Å². The smallest absolute Gasteiger partial charge is 0.255 e. The minimum atomic E-state index is -0.461. The Hall–Kier alpha value is -0.910. The molecule has 106 valence electrons. The molecule has 1 aromatic rings. The van der Waals surface area contributed by atoms with Crippen molar-refractivity contribution in [3.63, 3.8) is 0 Å². The van der Waals surface area contributed by atoms with Crippen LogP contribution in [0.2, 0.25) is 0 Å². The van der Waals surface area contributed by atoms with Crippen LogP contribution in [0.25, 0.3) is 0 Å². The van der Waals surface area contributed by atoms with Gasteiger partial charge in [-0.1, -0.05) is 0 Å². The molecule has 2 aliphatic heterocycles. The van der Waals surface area contributed by atoms with Crippen molar-refractivity contribution in [2.45, 2.75) is 0 Å². The molecule has 2 atom stereocenters. The number of carbonyl (C=O) groups is 1. The Morgan fingerprint density at radius 2 is 1.89 bits per heavy atom. The predicted octanol–water partition coefficient (Wildman–Crippen LogP) is 1.36. The summed E-state index contributed by atoms with van der Waals surface area (Å²) in [6.07, 6.45) is 2.54. The lowest BCUT2D eigenvalue weighted by molar-refractivity contribution is 0.0780. The normalized spacial score (nSPS) is 24.4. The van der Waals surface area contributed by atoms with Crippen LogP contribution in [0, 0.1) is 17.7 Å². The van der Waals surface area contributed by atoms with E-state index in [0.717, 1.165) is 32.4 Å². The molecule has 0 bridgehead atoms. The van der Waals surface area contributed by atoms with Gasteiger partial charge in [-0.05, 0) is 17.9 Å². The van der Waals surface area contributed by atoms with Gasteiger partial charge in [0, 0.05) is 32.4 Å². The van der Waals surface area contributed by atoms with Crippen molar-refractivity contribution >= 4 is 30.7 Å². The summed E-state index contributed by atoms with van der Waals surface area (Å²) in [5, 5.41) is 3.32. The standard InChI is InChI=1S/C12H14FN3O.2ClH/c13-11-1-8(2-15-5-11)12(17)16-6-9-3-14-4-10(9)7-16;;/h1-2,5,9-10,14H,3-4,6-7H2;2*1H/t9-,10+;;. The third-order valence-corrected chi connectivity index (χ3v) is 3.63. The molecule has 4 nitrogen and oxygen atoms in total. The number of hydrogen-bond acceptors (Lipinski definition) is 3. The molecule has 3 rings (SSSR count). The summed E-state index contributed by atoms with van der Waals surface area (Å²) in [5.41, 5.74) is 0.345. The molecule has 0 unspecified atom stereocenters. The topological polar surface area (TPSA) is 45.2 Å². The summed E-state index contributed by atoms with van der Waals surface area (Å²) in [6.45, 7) is 3.51. The van der Waals surface area contributed by atoms with Gasteiger partial charge < -0.3 is 10.2 Å². The summed E-state index contributed by atoms with van der Waals surface area (Å²) >= 11 is 0. The zero-order valence-corrected chi connectivity index (χ0v) is 11.8. The van der Waals surface area contributed by atoms with Gasteiger partial charge in [-0.15, -0.1) is 24.8 Å². The van der Waals surface area contributed by atoms with E-state index in [1.165, 1.54) is 12.3 Å². The van der Waals surface area contributed by atoms with Crippen molar-refractivity contribution in [2.75, 3.05) is 26.2 Å². The Balaban J connectivity index is 0.000000902. The Labute approximate surface area is 123 Å². The molecule has 0 saturated carbocycles. The summed E-state index contributed by atoms with van der Waals surface area (Å²) in [4.78, 5) is 17.7. The third kappa shape index (κ3) is 3.16. The number of amides is 1. The lowest BCUT2D eigenvalue weighted by Gasteiger charge is -2.17. The number of rotatable bonds is 1. The molecule has 2 aliphatic rings. The van der Waals surface area contributed by atoms with Crippen molar-refractivity contribution in [1.82, 2.24) is 15.2 Å². The highest BCUT2D eigenvalue weighted by atomic mass is 35.5. The molecular formula is C12H16Cl2FN3O. The molecule has 19 heavy (non-hydrogen) atoms. The molecular weight excluding hydrogens is 292 g/mol. The highest BCUT2D eigenvalue weighted by Gasteiger charge is 2.38. The molecule has 2 saturated heterocycles. The SMILES string of the molecule is Cl.Cl.O=C(c1cncc(F)c1)N1C[C@H]2CNC[C@H]2C1. The highest BCUT2D eigenvalue weighted by Crippen LogP contribution is 2.27. The molecule has 0 spiro atoms. The van der Waals surface area contributed by atoms with Gasteiger partial charge >= 0.3 is 0 Å². The summed E-state index contributed by atoms with van der Waals surface area (Å²) in [5.74, 6) is 0.546. The van der Waals surface area contributed by atoms with E-state index in [1.807, 2.05) is 4.90 Å². The Kier molecular flexibility index (Phi) is 5.52. The first-order valence-electron chi connectivity index (χ1n) is 5.84. The van der Waals surface area contributed by atoms with Crippen LogP contribution in [-0.4, -0.2) is 42.0 Å². The largest absolute Gasteiger partial charge is 0.338 e. The fraction of sp³-hybridized carbons (Fsp3) is 0.500. The minimum Gasteiger partial charge on any atom is -0.338 e. The number of likely N-dealkylation sites (tertiary alicyclic amines) is 1. The van der Waals surface area contributed by atoms with Crippen molar-refractivity contribution in [2.24, 2.45) is 11.8 Å². The lowest BCUT2D eigenvalue weighted by Crippen LogP contribution is -2.31. The van der Waals surface area contributed by atoms with Crippen LogP contribution >= 0.6 is 24.8 Å². The van der Waals surface area contributed by atoms with Gasteiger partial charge in [-0.2, -0.15) is 0 Å². The molecule has 0 aliphatic carbocycles. The van der Waals surface area contributed by atoms with Gasteiger partial charge in [0.05, 0.1) is 11.8 Å². The van der Waals surface area contributed by atoms with Crippen molar-refractivity contribution in [3.05, 3.63) is 29.8 Å². The molecule has 1 aromatic heterocycles. The summed E-state index contributed by atoms with van der Waals surface area (Å²) < 4.78 is 13.0. The van der Waals surface area contributed by atoms with Crippen LogP contribution in [0.5, 0.6) is 0 Å². The molecule has 3 heterocycles. The first-order valence-corrected chi connectivity index (χ1v) is 5.84. The highest BCUT2D eigenvalue weighted by molar-refractivity contribution is 5.94. The maximum Gasteiger partial charge on any atom is 0.255 e. The van der Waals surface area contributed by atoms with Gasteiger partial charge in [-0.25, -0.2) is 4.39 Å². The molecule has 0 aromatic carbocycles. The van der Waals surface area contributed by atoms with Gasteiger partial charge in [0.25, 0.3) is 5.91 Å². The second kappa shape index (κ2) is 6.50. The minimum absolute atomic E-state index is 0. The van der Waals surface area contributed by atoms with Crippen LogP contribution < -0.4 is 5.32 Å². The van der Waals surface area contributed by atoms with Gasteiger partial charge in [0.15, 0.2) is 0 Å².